The lowest BCUT2D eigenvalue weighted by Crippen LogP contribution is -2.39. The third-order valence-electron chi connectivity index (χ3n) is 4.28. The van der Waals surface area contributed by atoms with Gasteiger partial charge in [0.15, 0.2) is 0 Å². The van der Waals surface area contributed by atoms with Gasteiger partial charge in [-0.3, -0.25) is 4.79 Å². The summed E-state index contributed by atoms with van der Waals surface area (Å²) in [5.41, 5.74) is 10.7. The number of carbonyl (C=O) groups excluding carboxylic acids is 1. The van der Waals surface area contributed by atoms with Crippen LogP contribution in [0.25, 0.3) is 0 Å². The van der Waals surface area contributed by atoms with Gasteiger partial charge in [-0.15, -0.1) is 0 Å². The maximum atomic E-state index is 12.4. The van der Waals surface area contributed by atoms with Crippen LogP contribution in [-0.4, -0.2) is 11.9 Å². The summed E-state index contributed by atoms with van der Waals surface area (Å²) in [6.45, 7) is 4.07. The Morgan fingerprint density at radius 2 is 1.82 bits per heavy atom. The molecule has 1 fully saturated rings. The summed E-state index contributed by atoms with van der Waals surface area (Å²) in [5, 5.41) is 3.02. The Balaban J connectivity index is 1.66. The Kier molecular flexibility index (Phi) is 4.22. The van der Waals surface area contributed by atoms with Crippen molar-refractivity contribution in [2.24, 2.45) is 0 Å². The van der Waals surface area contributed by atoms with Gasteiger partial charge >= 0.3 is 0 Å². The van der Waals surface area contributed by atoms with E-state index in [0.29, 0.717) is 0 Å². The highest BCUT2D eigenvalue weighted by Gasteiger charge is 2.30. The van der Waals surface area contributed by atoms with E-state index in [1.807, 2.05) is 50.2 Å². The second-order valence-electron chi connectivity index (χ2n) is 5.78. The monoisotopic (exact) mass is 295 g/mol. The molecule has 2 aromatic carbocycles. The summed E-state index contributed by atoms with van der Waals surface area (Å²) in [5.74, 6) is -0.000342. The Morgan fingerprint density at radius 1 is 1.05 bits per heavy atom. The molecule has 1 heterocycles. The van der Waals surface area contributed by atoms with Crippen LogP contribution in [0.5, 0.6) is 0 Å². The molecule has 0 aliphatic carbocycles. The van der Waals surface area contributed by atoms with E-state index < -0.39 is 0 Å². The van der Waals surface area contributed by atoms with Gasteiger partial charge in [0, 0.05) is 11.7 Å². The third-order valence-corrected chi connectivity index (χ3v) is 4.28. The van der Waals surface area contributed by atoms with Gasteiger partial charge < -0.3 is 5.32 Å². The lowest BCUT2D eigenvalue weighted by molar-refractivity contribution is -0.117. The Bertz CT molecular complexity index is 669. The van der Waals surface area contributed by atoms with Crippen molar-refractivity contribution in [1.82, 2.24) is 10.9 Å². The first kappa shape index (κ1) is 14.8. The Hall–Kier alpha value is -2.17. The summed E-state index contributed by atoms with van der Waals surface area (Å²) < 4.78 is 0. The zero-order valence-corrected chi connectivity index (χ0v) is 12.9. The van der Waals surface area contributed by atoms with Crippen LogP contribution in [0.3, 0.4) is 0 Å². The number of aryl methyl sites for hydroxylation is 1. The summed E-state index contributed by atoms with van der Waals surface area (Å²) in [6, 6.07) is 16.1. The van der Waals surface area contributed by atoms with Crippen LogP contribution in [0.2, 0.25) is 0 Å². The predicted octanol–water partition coefficient (Wildman–Crippen LogP) is 2.85. The molecule has 3 rings (SSSR count). The maximum Gasteiger partial charge on any atom is 0.242 e. The summed E-state index contributed by atoms with van der Waals surface area (Å²) in [4.78, 5) is 12.4. The van der Waals surface area contributed by atoms with Crippen molar-refractivity contribution in [3.05, 3.63) is 65.2 Å². The van der Waals surface area contributed by atoms with Gasteiger partial charge in [-0.1, -0.05) is 42.5 Å². The fraction of sp³-hybridized carbons (Fsp3) is 0.278. The average molecular weight is 295 g/mol. The van der Waals surface area contributed by atoms with E-state index in [0.717, 1.165) is 17.7 Å². The Morgan fingerprint density at radius 3 is 2.59 bits per heavy atom. The number of hydrogen-bond acceptors (Lipinski definition) is 3. The zero-order valence-electron chi connectivity index (χ0n) is 12.9. The van der Waals surface area contributed by atoms with E-state index >= 15 is 0 Å². The first-order valence-electron chi connectivity index (χ1n) is 7.58. The van der Waals surface area contributed by atoms with Crippen molar-refractivity contribution >= 4 is 11.6 Å². The first-order valence-corrected chi connectivity index (χ1v) is 7.58. The third kappa shape index (κ3) is 3.03. The van der Waals surface area contributed by atoms with Crippen LogP contribution in [0.15, 0.2) is 48.5 Å². The van der Waals surface area contributed by atoms with Gasteiger partial charge in [0.1, 0.15) is 6.04 Å². The first-order chi connectivity index (χ1) is 10.6. The largest absolute Gasteiger partial charge is 0.324 e. The highest BCUT2D eigenvalue weighted by Crippen LogP contribution is 2.23. The van der Waals surface area contributed by atoms with Crippen LogP contribution in [0.1, 0.15) is 29.2 Å². The Labute approximate surface area is 130 Å². The predicted molar refractivity (Wildman–Crippen MR) is 88.4 cm³/mol. The van der Waals surface area contributed by atoms with E-state index in [2.05, 4.69) is 28.3 Å². The molecule has 2 atom stereocenters. The topological polar surface area (TPSA) is 53.2 Å². The van der Waals surface area contributed by atoms with Crippen LogP contribution in [-0.2, 0) is 4.79 Å². The molecule has 1 amide bonds. The molecule has 1 aliphatic rings. The van der Waals surface area contributed by atoms with Gasteiger partial charge in [0.25, 0.3) is 0 Å². The van der Waals surface area contributed by atoms with Crippen molar-refractivity contribution in [2.75, 3.05) is 5.32 Å². The molecule has 3 N–H and O–H groups in total. The number of nitrogens with one attached hydrogen (secondary N) is 3. The number of hydrazine groups is 1. The van der Waals surface area contributed by atoms with Crippen LogP contribution >= 0.6 is 0 Å². The smallest absolute Gasteiger partial charge is 0.242 e. The fourth-order valence-electron chi connectivity index (χ4n) is 2.74. The van der Waals surface area contributed by atoms with Crippen LogP contribution < -0.4 is 16.2 Å². The highest BCUT2D eigenvalue weighted by atomic mass is 16.2. The minimum atomic E-state index is -0.231. The van der Waals surface area contributed by atoms with E-state index in [4.69, 9.17) is 0 Å². The molecular formula is C18H21N3O. The second-order valence-corrected chi connectivity index (χ2v) is 5.78. The molecule has 0 spiro atoms. The molecule has 0 aromatic heterocycles. The maximum absolute atomic E-state index is 12.4. The quantitative estimate of drug-likeness (QED) is 0.816. The summed E-state index contributed by atoms with van der Waals surface area (Å²) in [6.07, 6.45) is 0.737. The molecule has 114 valence electrons. The molecule has 22 heavy (non-hydrogen) atoms. The number of amides is 1. The standard InChI is InChI=1S/C18H21N3O/c1-12-7-6-10-15(13(12)2)19-18(22)17-11-16(20-21-17)14-8-4-3-5-9-14/h3-10,16-17,20-21H,11H2,1-2H3,(H,19,22). The molecule has 2 unspecified atom stereocenters. The lowest BCUT2D eigenvalue weighted by atomic mass is 10.0. The van der Waals surface area contributed by atoms with Crippen molar-refractivity contribution < 1.29 is 4.79 Å². The second kappa shape index (κ2) is 6.30. The van der Waals surface area contributed by atoms with Gasteiger partial charge in [-0.25, -0.2) is 10.9 Å². The lowest BCUT2D eigenvalue weighted by Gasteiger charge is -2.13. The summed E-state index contributed by atoms with van der Waals surface area (Å²) >= 11 is 0. The average Bonchev–Trinajstić information content (AvgIpc) is 3.03. The van der Waals surface area contributed by atoms with E-state index in [-0.39, 0.29) is 18.0 Å². The van der Waals surface area contributed by atoms with Crippen molar-refractivity contribution in [1.29, 1.82) is 0 Å². The van der Waals surface area contributed by atoms with E-state index in [1.54, 1.807) is 0 Å². The number of carbonyl (C=O) groups is 1. The van der Waals surface area contributed by atoms with Gasteiger partial charge in [-0.2, -0.15) is 0 Å². The molecule has 0 bridgehead atoms. The van der Waals surface area contributed by atoms with Crippen LogP contribution in [0, 0.1) is 13.8 Å². The minimum Gasteiger partial charge on any atom is -0.324 e. The van der Waals surface area contributed by atoms with Crippen molar-refractivity contribution in [3.8, 4) is 0 Å². The van der Waals surface area contributed by atoms with Crippen LogP contribution in [0.4, 0.5) is 5.69 Å². The molecule has 0 radical (unpaired) electrons. The van der Waals surface area contributed by atoms with Crippen molar-refractivity contribution in [3.63, 3.8) is 0 Å². The molecule has 2 aromatic rings. The molecule has 4 nitrogen and oxygen atoms in total. The molecule has 1 saturated heterocycles. The zero-order chi connectivity index (χ0) is 15.5. The SMILES string of the molecule is Cc1cccc(NC(=O)C2CC(c3ccccc3)NN2)c1C. The van der Waals surface area contributed by atoms with Gasteiger partial charge in [0.05, 0.1) is 0 Å². The van der Waals surface area contributed by atoms with Gasteiger partial charge in [-0.05, 0) is 43.0 Å². The molecule has 0 saturated carbocycles. The van der Waals surface area contributed by atoms with E-state index in [9.17, 15) is 4.79 Å². The molecule has 4 heteroatoms. The van der Waals surface area contributed by atoms with Gasteiger partial charge in [0.2, 0.25) is 5.91 Å². The number of benzene rings is 2. The normalized spacial score (nSPS) is 20.8. The van der Waals surface area contributed by atoms with E-state index in [1.165, 1.54) is 11.1 Å². The summed E-state index contributed by atoms with van der Waals surface area (Å²) in [7, 11) is 0. The number of anilines is 1. The number of rotatable bonds is 3. The molecular weight excluding hydrogens is 274 g/mol. The van der Waals surface area contributed by atoms with Crippen molar-refractivity contribution in [2.45, 2.75) is 32.4 Å². The fourth-order valence-corrected chi connectivity index (χ4v) is 2.74. The molecule has 1 aliphatic heterocycles. The highest BCUT2D eigenvalue weighted by molar-refractivity contribution is 5.95. The minimum absolute atomic E-state index is 0.000342. The number of hydrogen-bond donors (Lipinski definition) is 3.